The van der Waals surface area contributed by atoms with E-state index in [1.165, 1.54) is 0 Å². The summed E-state index contributed by atoms with van der Waals surface area (Å²) in [6.07, 6.45) is 3.54. The van der Waals surface area contributed by atoms with Gasteiger partial charge in [-0.3, -0.25) is 4.79 Å². The fourth-order valence-electron chi connectivity index (χ4n) is 1.69. The van der Waals surface area contributed by atoms with Crippen LogP contribution in [0.2, 0.25) is 0 Å². The molecule has 0 saturated carbocycles. The van der Waals surface area contributed by atoms with Crippen LogP contribution in [0.5, 0.6) is 0 Å². The molecule has 4 heteroatoms. The molecule has 4 nitrogen and oxygen atoms in total. The Morgan fingerprint density at radius 2 is 2.00 bits per heavy atom. The van der Waals surface area contributed by atoms with Gasteiger partial charge in [-0.2, -0.15) is 0 Å². The molecule has 1 aromatic carbocycles. The second kappa shape index (κ2) is 5.51. The average molecular weight is 244 g/mol. The van der Waals surface area contributed by atoms with E-state index >= 15 is 0 Å². The topological polar surface area (TPSA) is 54.3 Å². The summed E-state index contributed by atoms with van der Waals surface area (Å²) in [7, 11) is 0. The summed E-state index contributed by atoms with van der Waals surface area (Å²) < 4.78 is 1.75. The number of hydrogen-bond donors (Lipinski definition) is 2. The molecule has 1 aromatic heterocycles. The largest absolute Gasteiger partial charge is 0.392 e. The normalized spacial score (nSPS) is 10.3. The molecule has 0 radical (unpaired) electrons. The van der Waals surface area contributed by atoms with Crippen molar-refractivity contribution in [3.05, 3.63) is 53.9 Å². The van der Waals surface area contributed by atoms with Gasteiger partial charge in [0.1, 0.15) is 6.54 Å². The van der Waals surface area contributed by atoms with Crippen LogP contribution in [0.1, 0.15) is 11.1 Å². The number of carbonyl (C=O) groups is 1. The van der Waals surface area contributed by atoms with Crippen molar-refractivity contribution in [2.24, 2.45) is 0 Å². The van der Waals surface area contributed by atoms with Crippen molar-refractivity contribution in [1.82, 2.24) is 4.57 Å². The third-order valence-corrected chi connectivity index (χ3v) is 2.66. The molecule has 0 fully saturated rings. The molecule has 2 aromatic rings. The van der Waals surface area contributed by atoms with Crippen LogP contribution in [0, 0.1) is 6.92 Å². The Bertz CT molecular complexity index is 529. The minimum atomic E-state index is -0.0843. The Hall–Kier alpha value is -2.07. The zero-order valence-electron chi connectivity index (χ0n) is 10.3. The van der Waals surface area contributed by atoms with Gasteiger partial charge in [0.15, 0.2) is 0 Å². The van der Waals surface area contributed by atoms with E-state index in [1.54, 1.807) is 23.0 Å². The first-order chi connectivity index (χ1) is 8.67. The molecule has 0 atom stereocenters. The van der Waals surface area contributed by atoms with E-state index in [2.05, 4.69) is 5.32 Å². The predicted molar refractivity (Wildman–Crippen MR) is 70.2 cm³/mol. The maximum absolute atomic E-state index is 11.8. The number of carbonyl (C=O) groups excluding carboxylic acids is 1. The number of hydrogen-bond acceptors (Lipinski definition) is 2. The summed E-state index contributed by atoms with van der Waals surface area (Å²) in [5.74, 6) is -0.0843. The SMILES string of the molecule is Cc1ccc(NC(=O)Cn2ccc(CO)c2)cc1. The number of aromatic nitrogens is 1. The van der Waals surface area contributed by atoms with Crippen molar-refractivity contribution in [2.75, 3.05) is 5.32 Å². The second-order valence-corrected chi connectivity index (χ2v) is 4.26. The van der Waals surface area contributed by atoms with Crippen molar-refractivity contribution >= 4 is 11.6 Å². The van der Waals surface area contributed by atoms with Gasteiger partial charge in [-0.15, -0.1) is 0 Å². The number of benzene rings is 1. The van der Waals surface area contributed by atoms with Gasteiger partial charge in [-0.1, -0.05) is 17.7 Å². The van der Waals surface area contributed by atoms with Gasteiger partial charge in [0.2, 0.25) is 5.91 Å². The zero-order chi connectivity index (χ0) is 13.0. The second-order valence-electron chi connectivity index (χ2n) is 4.26. The molecule has 0 unspecified atom stereocenters. The quantitative estimate of drug-likeness (QED) is 0.863. The summed E-state index contributed by atoms with van der Waals surface area (Å²) in [6, 6.07) is 9.45. The van der Waals surface area contributed by atoms with Gasteiger partial charge in [-0.05, 0) is 30.7 Å². The highest BCUT2D eigenvalue weighted by molar-refractivity contribution is 5.90. The summed E-state index contributed by atoms with van der Waals surface area (Å²) in [5.41, 5.74) is 2.75. The van der Waals surface area contributed by atoms with Crippen LogP contribution in [-0.4, -0.2) is 15.6 Å². The van der Waals surface area contributed by atoms with Gasteiger partial charge in [0.25, 0.3) is 0 Å². The van der Waals surface area contributed by atoms with Crippen LogP contribution in [0.3, 0.4) is 0 Å². The lowest BCUT2D eigenvalue weighted by molar-refractivity contribution is -0.116. The van der Waals surface area contributed by atoms with Crippen LogP contribution in [-0.2, 0) is 17.9 Å². The van der Waals surface area contributed by atoms with Gasteiger partial charge in [0, 0.05) is 18.1 Å². The van der Waals surface area contributed by atoms with Crippen molar-refractivity contribution in [3.63, 3.8) is 0 Å². The number of nitrogens with zero attached hydrogens (tertiary/aromatic N) is 1. The van der Waals surface area contributed by atoms with E-state index in [9.17, 15) is 4.79 Å². The summed E-state index contributed by atoms with van der Waals surface area (Å²) >= 11 is 0. The lowest BCUT2D eigenvalue weighted by Gasteiger charge is -2.06. The number of rotatable bonds is 4. The van der Waals surface area contributed by atoms with Crippen LogP contribution < -0.4 is 5.32 Å². The number of aliphatic hydroxyl groups excluding tert-OH is 1. The highest BCUT2D eigenvalue weighted by Crippen LogP contribution is 2.09. The molecule has 94 valence electrons. The molecular formula is C14H16N2O2. The van der Waals surface area contributed by atoms with Crippen molar-refractivity contribution in [1.29, 1.82) is 0 Å². The van der Waals surface area contributed by atoms with Crippen molar-refractivity contribution in [3.8, 4) is 0 Å². The van der Waals surface area contributed by atoms with Crippen LogP contribution in [0.25, 0.3) is 0 Å². The Labute approximate surface area is 106 Å². The fourth-order valence-corrected chi connectivity index (χ4v) is 1.69. The number of amides is 1. The molecule has 1 heterocycles. The van der Waals surface area contributed by atoms with Gasteiger partial charge >= 0.3 is 0 Å². The summed E-state index contributed by atoms with van der Waals surface area (Å²) in [5, 5.41) is 11.8. The number of anilines is 1. The third-order valence-electron chi connectivity index (χ3n) is 2.66. The van der Waals surface area contributed by atoms with Crippen LogP contribution in [0.4, 0.5) is 5.69 Å². The van der Waals surface area contributed by atoms with Crippen LogP contribution in [0.15, 0.2) is 42.7 Å². The number of aryl methyl sites for hydroxylation is 1. The van der Waals surface area contributed by atoms with E-state index in [0.717, 1.165) is 16.8 Å². The number of aliphatic hydroxyl groups is 1. The van der Waals surface area contributed by atoms with Crippen molar-refractivity contribution < 1.29 is 9.90 Å². The molecule has 0 saturated heterocycles. The Balaban J connectivity index is 1.94. The monoisotopic (exact) mass is 244 g/mol. The Morgan fingerprint density at radius 1 is 1.28 bits per heavy atom. The van der Waals surface area contributed by atoms with E-state index in [-0.39, 0.29) is 19.1 Å². The molecule has 0 aliphatic heterocycles. The predicted octanol–water partition coefficient (Wildman–Crippen LogP) is 1.93. The highest BCUT2D eigenvalue weighted by Gasteiger charge is 2.03. The summed E-state index contributed by atoms with van der Waals surface area (Å²) in [4.78, 5) is 11.8. The Kier molecular flexibility index (Phi) is 3.79. The zero-order valence-corrected chi connectivity index (χ0v) is 10.3. The molecule has 0 aliphatic rings. The van der Waals surface area contributed by atoms with Gasteiger partial charge in [-0.25, -0.2) is 0 Å². The van der Waals surface area contributed by atoms with Crippen molar-refractivity contribution in [2.45, 2.75) is 20.1 Å². The number of nitrogens with one attached hydrogen (secondary N) is 1. The molecule has 1 amide bonds. The molecule has 18 heavy (non-hydrogen) atoms. The molecule has 0 bridgehead atoms. The molecular weight excluding hydrogens is 228 g/mol. The minimum absolute atomic E-state index is 0.00736. The first-order valence-corrected chi connectivity index (χ1v) is 5.79. The minimum Gasteiger partial charge on any atom is -0.392 e. The van der Waals surface area contributed by atoms with Gasteiger partial charge in [0.05, 0.1) is 6.61 Å². The van der Waals surface area contributed by atoms with E-state index in [1.807, 2.05) is 31.2 Å². The molecule has 2 N–H and O–H groups in total. The van der Waals surface area contributed by atoms with Gasteiger partial charge < -0.3 is 15.0 Å². The van der Waals surface area contributed by atoms with E-state index < -0.39 is 0 Å². The lowest BCUT2D eigenvalue weighted by Crippen LogP contribution is -2.17. The molecule has 2 rings (SSSR count). The maximum atomic E-state index is 11.8. The first kappa shape index (κ1) is 12.4. The average Bonchev–Trinajstić information content (AvgIpc) is 2.79. The van der Waals surface area contributed by atoms with E-state index in [4.69, 9.17) is 5.11 Å². The standard InChI is InChI=1S/C14H16N2O2/c1-11-2-4-13(5-3-11)15-14(18)9-16-7-6-12(8-16)10-17/h2-8,17H,9-10H2,1H3,(H,15,18). The fraction of sp³-hybridized carbons (Fsp3) is 0.214. The third kappa shape index (κ3) is 3.21. The Morgan fingerprint density at radius 3 is 2.61 bits per heavy atom. The summed E-state index contributed by atoms with van der Waals surface area (Å²) in [6.45, 7) is 2.24. The lowest BCUT2D eigenvalue weighted by atomic mass is 10.2. The molecule has 0 spiro atoms. The smallest absolute Gasteiger partial charge is 0.244 e. The molecule has 0 aliphatic carbocycles. The first-order valence-electron chi connectivity index (χ1n) is 5.79. The highest BCUT2D eigenvalue weighted by atomic mass is 16.3. The van der Waals surface area contributed by atoms with E-state index in [0.29, 0.717) is 0 Å². The maximum Gasteiger partial charge on any atom is 0.244 e. The van der Waals surface area contributed by atoms with Crippen LogP contribution >= 0.6 is 0 Å².